The minimum atomic E-state index is 0.116. The van der Waals surface area contributed by atoms with E-state index < -0.39 is 0 Å². The van der Waals surface area contributed by atoms with E-state index in [9.17, 15) is 4.79 Å². The molecule has 146 valence electrons. The van der Waals surface area contributed by atoms with Gasteiger partial charge in [-0.3, -0.25) is 9.69 Å². The second-order valence-corrected chi connectivity index (χ2v) is 7.81. The van der Waals surface area contributed by atoms with Crippen LogP contribution in [-0.2, 0) is 11.3 Å². The van der Waals surface area contributed by atoms with Gasteiger partial charge in [0.15, 0.2) is 5.43 Å². The van der Waals surface area contributed by atoms with Gasteiger partial charge in [0, 0.05) is 32.7 Å². The molecule has 0 atom stereocenters. The molecule has 0 saturated carbocycles. The molecule has 2 aliphatic heterocycles. The molecule has 5 rings (SSSR count). The highest BCUT2D eigenvalue weighted by atomic mass is 16.5. The summed E-state index contributed by atoms with van der Waals surface area (Å²) in [7, 11) is 0. The number of nitrogens with zero attached hydrogens (tertiary/aromatic N) is 2. The summed E-state index contributed by atoms with van der Waals surface area (Å²) in [5.41, 5.74) is 1.60. The molecule has 0 bridgehead atoms. The van der Waals surface area contributed by atoms with Crippen molar-refractivity contribution in [1.29, 1.82) is 0 Å². The number of rotatable bonds is 3. The second-order valence-electron chi connectivity index (χ2n) is 7.81. The van der Waals surface area contributed by atoms with Crippen LogP contribution in [0.3, 0.4) is 0 Å². The summed E-state index contributed by atoms with van der Waals surface area (Å²) in [4.78, 5) is 18.3. The number of piperidine rings is 1. The summed E-state index contributed by atoms with van der Waals surface area (Å²) in [6.45, 7) is 5.69. The molecule has 2 aromatic carbocycles. The molecule has 3 heterocycles. The van der Waals surface area contributed by atoms with Gasteiger partial charge < -0.3 is 14.1 Å². The van der Waals surface area contributed by atoms with Crippen LogP contribution in [0.15, 0.2) is 45.6 Å². The average molecular weight is 378 g/mol. The molecule has 2 fully saturated rings. The van der Waals surface area contributed by atoms with Crippen LogP contribution in [0.25, 0.3) is 21.7 Å². The van der Waals surface area contributed by atoms with Gasteiger partial charge in [0.2, 0.25) is 5.88 Å². The van der Waals surface area contributed by atoms with Crippen LogP contribution in [0.1, 0.15) is 24.8 Å². The van der Waals surface area contributed by atoms with Crippen LogP contribution in [0.4, 0.5) is 5.88 Å². The monoisotopic (exact) mass is 378 g/mol. The lowest BCUT2D eigenvalue weighted by Gasteiger charge is -2.31. The predicted octanol–water partition coefficient (Wildman–Crippen LogP) is 3.77. The van der Waals surface area contributed by atoms with Gasteiger partial charge in [-0.1, -0.05) is 30.3 Å². The van der Waals surface area contributed by atoms with Crippen LogP contribution in [0.5, 0.6) is 0 Å². The molecule has 2 aliphatic rings. The van der Waals surface area contributed by atoms with Gasteiger partial charge in [-0.25, -0.2) is 0 Å². The van der Waals surface area contributed by atoms with E-state index in [0.717, 1.165) is 74.5 Å². The molecule has 5 nitrogen and oxygen atoms in total. The molecule has 28 heavy (non-hydrogen) atoms. The van der Waals surface area contributed by atoms with Crippen molar-refractivity contribution >= 4 is 27.6 Å². The molecule has 0 spiro atoms. The third kappa shape index (κ3) is 3.19. The van der Waals surface area contributed by atoms with Crippen molar-refractivity contribution in [1.82, 2.24) is 4.90 Å². The third-order valence-corrected chi connectivity index (χ3v) is 5.99. The smallest absolute Gasteiger partial charge is 0.204 e. The molecular weight excluding hydrogens is 352 g/mol. The molecule has 2 saturated heterocycles. The van der Waals surface area contributed by atoms with Crippen molar-refractivity contribution in [3.8, 4) is 0 Å². The fraction of sp³-hybridized carbons (Fsp3) is 0.435. The Balaban J connectivity index is 1.70. The first-order valence-corrected chi connectivity index (χ1v) is 10.3. The fourth-order valence-corrected chi connectivity index (χ4v) is 4.46. The Hall–Kier alpha value is -2.37. The van der Waals surface area contributed by atoms with Crippen molar-refractivity contribution in [3.05, 3.63) is 52.2 Å². The predicted molar refractivity (Wildman–Crippen MR) is 112 cm³/mol. The Bertz CT molecular complexity index is 1050. The van der Waals surface area contributed by atoms with Crippen LogP contribution in [0.2, 0.25) is 0 Å². The van der Waals surface area contributed by atoms with Crippen molar-refractivity contribution in [2.75, 3.05) is 44.3 Å². The van der Waals surface area contributed by atoms with Crippen LogP contribution >= 0.6 is 0 Å². The summed E-state index contributed by atoms with van der Waals surface area (Å²) in [5, 5.41) is 2.76. The summed E-state index contributed by atoms with van der Waals surface area (Å²) in [5.74, 6) is 0.777. The van der Waals surface area contributed by atoms with E-state index in [-0.39, 0.29) is 5.43 Å². The summed E-state index contributed by atoms with van der Waals surface area (Å²) in [6.07, 6.45) is 3.55. The van der Waals surface area contributed by atoms with E-state index in [1.165, 1.54) is 6.42 Å². The van der Waals surface area contributed by atoms with Gasteiger partial charge in [-0.05, 0) is 36.1 Å². The van der Waals surface area contributed by atoms with E-state index in [1.807, 2.05) is 30.3 Å². The second kappa shape index (κ2) is 7.57. The minimum absolute atomic E-state index is 0.116. The van der Waals surface area contributed by atoms with E-state index in [0.29, 0.717) is 17.5 Å². The summed E-state index contributed by atoms with van der Waals surface area (Å²) in [6, 6.07) is 12.1. The number of benzene rings is 2. The quantitative estimate of drug-likeness (QED) is 0.649. The summed E-state index contributed by atoms with van der Waals surface area (Å²) < 4.78 is 11.9. The van der Waals surface area contributed by atoms with Crippen molar-refractivity contribution in [3.63, 3.8) is 0 Å². The lowest BCUT2D eigenvalue weighted by Crippen LogP contribution is -2.38. The van der Waals surface area contributed by atoms with Crippen LogP contribution < -0.4 is 10.3 Å². The maximum Gasteiger partial charge on any atom is 0.204 e. The Kier molecular flexibility index (Phi) is 4.79. The lowest BCUT2D eigenvalue weighted by atomic mass is 10.0. The fourth-order valence-electron chi connectivity index (χ4n) is 4.46. The zero-order valence-electron chi connectivity index (χ0n) is 16.2. The standard InChI is InChI=1S/C23H26N2O3/c26-22-19(16-24-12-14-27-15-13-24)23(25-10-4-1-5-11-25)28-20-9-8-17-6-2-3-7-18(17)21(20)22/h2-3,6-9H,1,4-5,10-16H2. The zero-order valence-corrected chi connectivity index (χ0v) is 16.2. The highest BCUT2D eigenvalue weighted by Gasteiger charge is 2.24. The first-order chi connectivity index (χ1) is 13.8. The zero-order chi connectivity index (χ0) is 18.9. The lowest BCUT2D eigenvalue weighted by molar-refractivity contribution is 0.0339. The van der Waals surface area contributed by atoms with Gasteiger partial charge in [-0.15, -0.1) is 0 Å². The molecular formula is C23H26N2O3. The Labute approximate surface area is 164 Å². The van der Waals surface area contributed by atoms with Crippen LogP contribution in [-0.4, -0.2) is 44.3 Å². The first-order valence-electron chi connectivity index (χ1n) is 10.3. The van der Waals surface area contributed by atoms with Crippen LogP contribution in [0, 0.1) is 0 Å². The normalized spacial score (nSPS) is 18.8. The van der Waals surface area contributed by atoms with E-state index in [2.05, 4.69) is 15.9 Å². The molecule has 3 aromatic rings. The van der Waals surface area contributed by atoms with Gasteiger partial charge in [0.05, 0.1) is 24.2 Å². The molecule has 0 N–H and O–H groups in total. The van der Waals surface area contributed by atoms with Gasteiger partial charge >= 0.3 is 0 Å². The Morgan fingerprint density at radius 2 is 1.68 bits per heavy atom. The van der Waals surface area contributed by atoms with Crippen molar-refractivity contribution in [2.45, 2.75) is 25.8 Å². The topological polar surface area (TPSA) is 45.9 Å². The third-order valence-electron chi connectivity index (χ3n) is 5.99. The van der Waals surface area contributed by atoms with Gasteiger partial charge in [0.25, 0.3) is 0 Å². The number of fused-ring (bicyclic) bond motifs is 3. The summed E-state index contributed by atoms with van der Waals surface area (Å²) >= 11 is 0. The van der Waals surface area contributed by atoms with Crippen molar-refractivity contribution < 1.29 is 9.15 Å². The van der Waals surface area contributed by atoms with E-state index in [4.69, 9.17) is 9.15 Å². The van der Waals surface area contributed by atoms with Gasteiger partial charge in [0.1, 0.15) is 5.58 Å². The molecule has 0 radical (unpaired) electrons. The Morgan fingerprint density at radius 1 is 0.893 bits per heavy atom. The number of ether oxygens (including phenoxy) is 1. The average Bonchev–Trinajstić information content (AvgIpc) is 2.76. The molecule has 1 aromatic heterocycles. The van der Waals surface area contributed by atoms with Gasteiger partial charge in [-0.2, -0.15) is 0 Å². The molecule has 0 aliphatic carbocycles. The SMILES string of the molecule is O=c1c(CN2CCOCC2)c(N2CCCCC2)oc2ccc3ccccc3c12. The number of morpholine rings is 1. The number of hydrogen-bond donors (Lipinski definition) is 0. The number of hydrogen-bond acceptors (Lipinski definition) is 5. The minimum Gasteiger partial charge on any atom is -0.440 e. The Morgan fingerprint density at radius 3 is 2.50 bits per heavy atom. The largest absolute Gasteiger partial charge is 0.440 e. The number of anilines is 1. The first kappa shape index (κ1) is 17.7. The maximum absolute atomic E-state index is 13.7. The van der Waals surface area contributed by atoms with Crippen molar-refractivity contribution in [2.24, 2.45) is 0 Å². The maximum atomic E-state index is 13.7. The van der Waals surface area contributed by atoms with E-state index >= 15 is 0 Å². The highest BCUT2D eigenvalue weighted by Crippen LogP contribution is 2.31. The van der Waals surface area contributed by atoms with E-state index in [1.54, 1.807) is 0 Å². The molecule has 0 unspecified atom stereocenters. The molecule has 5 heteroatoms. The highest BCUT2D eigenvalue weighted by molar-refractivity contribution is 6.05. The molecule has 0 amide bonds.